The van der Waals surface area contributed by atoms with Crippen LogP contribution in [0.2, 0.25) is 0 Å². The molecular formula is C19H20N4O3S. The molecule has 0 saturated carbocycles. The third-order valence-corrected chi connectivity index (χ3v) is 5.86. The largest absolute Gasteiger partial charge is 0.356 e. The summed E-state index contributed by atoms with van der Waals surface area (Å²) in [5.41, 5.74) is 2.31. The van der Waals surface area contributed by atoms with Gasteiger partial charge in [-0.15, -0.1) is 11.3 Å². The highest BCUT2D eigenvalue weighted by Crippen LogP contribution is 2.24. The fourth-order valence-corrected chi connectivity index (χ4v) is 4.33. The lowest BCUT2D eigenvalue weighted by Gasteiger charge is -2.19. The molecule has 3 aromatic rings. The Hall–Kier alpha value is -2.74. The van der Waals surface area contributed by atoms with Gasteiger partial charge in [-0.25, -0.2) is 4.98 Å². The van der Waals surface area contributed by atoms with Crippen molar-refractivity contribution in [1.29, 1.82) is 0 Å². The molecule has 1 aromatic carbocycles. The molecular weight excluding hydrogens is 364 g/mol. The lowest BCUT2D eigenvalue weighted by atomic mass is 10.1. The molecule has 2 aromatic heterocycles. The van der Waals surface area contributed by atoms with Gasteiger partial charge in [-0.3, -0.25) is 9.59 Å². The fraction of sp³-hybridized carbons (Fsp3) is 0.368. The van der Waals surface area contributed by atoms with Crippen molar-refractivity contribution in [2.24, 2.45) is 0 Å². The molecule has 4 rings (SSSR count). The number of hydrogen-bond acceptors (Lipinski definition) is 6. The van der Waals surface area contributed by atoms with Gasteiger partial charge in [0.1, 0.15) is 5.69 Å². The second-order valence-electron chi connectivity index (χ2n) is 6.77. The Morgan fingerprint density at radius 2 is 2.00 bits per heavy atom. The van der Waals surface area contributed by atoms with E-state index in [1.807, 2.05) is 29.2 Å². The number of carbonyl (C=O) groups excluding carboxylic acids is 2. The van der Waals surface area contributed by atoms with Gasteiger partial charge in [0.2, 0.25) is 5.91 Å². The second-order valence-corrected chi connectivity index (χ2v) is 7.86. The van der Waals surface area contributed by atoms with Gasteiger partial charge >= 0.3 is 0 Å². The van der Waals surface area contributed by atoms with Crippen molar-refractivity contribution in [3.05, 3.63) is 45.5 Å². The molecule has 0 saturated heterocycles. The Morgan fingerprint density at radius 3 is 2.81 bits per heavy atom. The molecule has 0 atom stereocenters. The minimum absolute atomic E-state index is 0.0359. The maximum atomic E-state index is 12.8. The minimum Gasteiger partial charge on any atom is -0.356 e. The van der Waals surface area contributed by atoms with Crippen LogP contribution in [0.5, 0.6) is 0 Å². The average Bonchev–Trinajstić information content (AvgIpc) is 3.20. The number of nitrogens with zero attached hydrogens (tertiary/aromatic N) is 4. The maximum Gasteiger partial charge on any atom is 0.282 e. The average molecular weight is 384 g/mol. The van der Waals surface area contributed by atoms with Crippen LogP contribution in [0.25, 0.3) is 11.0 Å². The third kappa shape index (κ3) is 3.44. The smallest absolute Gasteiger partial charge is 0.282 e. The molecule has 140 valence electrons. The first-order valence-electron chi connectivity index (χ1n) is 8.84. The van der Waals surface area contributed by atoms with Gasteiger partial charge in [-0.1, -0.05) is 17.3 Å². The van der Waals surface area contributed by atoms with E-state index in [1.165, 1.54) is 16.2 Å². The summed E-state index contributed by atoms with van der Waals surface area (Å²) in [6.45, 7) is 1.22. The van der Waals surface area contributed by atoms with Crippen molar-refractivity contribution >= 4 is 34.1 Å². The van der Waals surface area contributed by atoms with Crippen LogP contribution in [0.15, 0.2) is 28.8 Å². The number of para-hydroxylation sites is 1. The predicted octanol–water partition coefficient (Wildman–Crippen LogP) is 2.16. The topological polar surface area (TPSA) is 79.5 Å². The quantitative estimate of drug-likeness (QED) is 0.691. The maximum absolute atomic E-state index is 12.8. The van der Waals surface area contributed by atoms with Gasteiger partial charge in [0, 0.05) is 50.3 Å². The molecule has 8 heteroatoms. The molecule has 0 fully saturated rings. The van der Waals surface area contributed by atoms with Gasteiger partial charge in [-0.05, 0) is 12.1 Å². The molecule has 0 bridgehead atoms. The molecule has 1 aliphatic rings. The zero-order valence-corrected chi connectivity index (χ0v) is 16.1. The van der Waals surface area contributed by atoms with E-state index in [0.717, 1.165) is 22.4 Å². The number of benzene rings is 1. The lowest BCUT2D eigenvalue weighted by Crippen LogP contribution is -2.34. The van der Waals surface area contributed by atoms with E-state index in [-0.39, 0.29) is 18.2 Å². The van der Waals surface area contributed by atoms with Crippen molar-refractivity contribution in [2.45, 2.75) is 19.3 Å². The van der Waals surface area contributed by atoms with E-state index in [1.54, 1.807) is 14.1 Å². The van der Waals surface area contributed by atoms with E-state index in [2.05, 4.69) is 10.1 Å². The van der Waals surface area contributed by atoms with Crippen molar-refractivity contribution in [2.75, 3.05) is 27.2 Å². The Labute approximate surface area is 160 Å². The molecule has 2 amide bonds. The summed E-state index contributed by atoms with van der Waals surface area (Å²) in [6, 6.07) is 7.56. The summed E-state index contributed by atoms with van der Waals surface area (Å²) in [5, 5.41) is 5.46. The summed E-state index contributed by atoms with van der Waals surface area (Å²) in [5.74, 6) is -0.0345. The number of hydrogen-bond donors (Lipinski definition) is 0. The Bertz CT molecular complexity index is 982. The van der Waals surface area contributed by atoms with Crippen LogP contribution in [0, 0.1) is 0 Å². The van der Waals surface area contributed by atoms with Gasteiger partial charge in [0.15, 0.2) is 10.6 Å². The van der Waals surface area contributed by atoms with E-state index >= 15 is 0 Å². The van der Waals surface area contributed by atoms with Crippen LogP contribution in [-0.2, 0) is 24.1 Å². The van der Waals surface area contributed by atoms with Gasteiger partial charge in [0.25, 0.3) is 5.91 Å². The number of aromatic nitrogens is 2. The number of carbonyl (C=O) groups is 2. The first-order chi connectivity index (χ1) is 13.0. The summed E-state index contributed by atoms with van der Waals surface area (Å²) in [6.07, 6.45) is 1.61. The monoisotopic (exact) mass is 384 g/mol. The van der Waals surface area contributed by atoms with E-state index < -0.39 is 0 Å². The molecule has 0 radical (unpaired) electrons. The van der Waals surface area contributed by atoms with Crippen LogP contribution in [0.4, 0.5) is 0 Å². The predicted molar refractivity (Wildman–Crippen MR) is 102 cm³/mol. The summed E-state index contributed by atoms with van der Waals surface area (Å²) >= 11 is 1.44. The number of amides is 2. The Morgan fingerprint density at radius 1 is 1.22 bits per heavy atom. The Balaban J connectivity index is 1.44. The third-order valence-electron chi connectivity index (χ3n) is 4.72. The summed E-state index contributed by atoms with van der Waals surface area (Å²) in [4.78, 5) is 33.9. The number of thiazole rings is 1. The molecule has 27 heavy (non-hydrogen) atoms. The van der Waals surface area contributed by atoms with E-state index in [0.29, 0.717) is 35.8 Å². The van der Waals surface area contributed by atoms with E-state index in [4.69, 9.17) is 4.52 Å². The van der Waals surface area contributed by atoms with Crippen LogP contribution >= 0.6 is 11.3 Å². The van der Waals surface area contributed by atoms with Crippen molar-refractivity contribution in [3.63, 3.8) is 0 Å². The highest BCUT2D eigenvalue weighted by molar-refractivity contribution is 7.13. The second kappa shape index (κ2) is 7.11. The van der Waals surface area contributed by atoms with Crippen molar-refractivity contribution < 1.29 is 14.1 Å². The van der Waals surface area contributed by atoms with Crippen LogP contribution in [0.1, 0.15) is 26.1 Å². The van der Waals surface area contributed by atoms with Crippen molar-refractivity contribution in [3.8, 4) is 0 Å². The molecule has 0 spiro atoms. The van der Waals surface area contributed by atoms with Crippen LogP contribution in [-0.4, -0.2) is 58.9 Å². The minimum atomic E-state index is -0.0704. The zero-order valence-electron chi connectivity index (χ0n) is 15.3. The first kappa shape index (κ1) is 17.7. The molecule has 0 aliphatic carbocycles. The van der Waals surface area contributed by atoms with Gasteiger partial charge < -0.3 is 14.3 Å². The highest BCUT2D eigenvalue weighted by Gasteiger charge is 2.24. The first-order valence-corrected chi connectivity index (χ1v) is 9.66. The van der Waals surface area contributed by atoms with Crippen LogP contribution in [0.3, 0.4) is 0 Å². The molecule has 0 unspecified atom stereocenters. The summed E-state index contributed by atoms with van der Waals surface area (Å²) < 4.78 is 5.29. The van der Waals surface area contributed by atoms with Crippen LogP contribution < -0.4 is 0 Å². The molecule has 0 N–H and O–H groups in total. The molecule has 7 nitrogen and oxygen atoms in total. The molecule has 3 heterocycles. The van der Waals surface area contributed by atoms with Crippen molar-refractivity contribution in [1.82, 2.24) is 19.9 Å². The summed E-state index contributed by atoms with van der Waals surface area (Å²) in [7, 11) is 3.45. The zero-order chi connectivity index (χ0) is 19.0. The lowest BCUT2D eigenvalue weighted by molar-refractivity contribution is -0.130. The SMILES string of the molecule is CN(C)C(=O)c1nc2c(s1)CCN(C(=O)Cc1noc3ccccc13)CC2. The highest BCUT2D eigenvalue weighted by atomic mass is 32.1. The fourth-order valence-electron chi connectivity index (χ4n) is 3.22. The normalized spacial score (nSPS) is 14.1. The van der Waals surface area contributed by atoms with E-state index in [9.17, 15) is 9.59 Å². The molecule has 1 aliphatic heterocycles. The number of fused-ring (bicyclic) bond motifs is 2. The van der Waals surface area contributed by atoms with Gasteiger partial charge in [-0.2, -0.15) is 0 Å². The standard InChI is InChI=1S/C19H20N4O3S/c1-22(2)19(25)18-20-13-7-9-23(10-8-16(13)27-18)17(24)11-14-12-5-3-4-6-15(12)26-21-14/h3-6H,7-11H2,1-2H3. The number of rotatable bonds is 3. The van der Waals surface area contributed by atoms with Gasteiger partial charge in [0.05, 0.1) is 12.1 Å². The Kier molecular flexibility index (Phi) is 4.65.